The average molecular weight is 370 g/mol. The van der Waals surface area contributed by atoms with Crippen LogP contribution in [-0.2, 0) is 4.79 Å². The van der Waals surface area contributed by atoms with Gasteiger partial charge in [-0.25, -0.2) is 4.79 Å². The van der Waals surface area contributed by atoms with Gasteiger partial charge in [0, 0.05) is 37.0 Å². The van der Waals surface area contributed by atoms with Gasteiger partial charge in [-0.3, -0.25) is 9.59 Å². The molecule has 0 aliphatic carbocycles. The number of benzene rings is 2. The van der Waals surface area contributed by atoms with E-state index in [1.54, 1.807) is 55.6 Å². The van der Waals surface area contributed by atoms with Crippen molar-refractivity contribution >= 4 is 29.2 Å². The van der Waals surface area contributed by atoms with Crippen molar-refractivity contribution in [3.05, 3.63) is 54.1 Å². The zero-order valence-corrected chi connectivity index (χ0v) is 15.2. The fourth-order valence-corrected chi connectivity index (χ4v) is 2.19. The molecule has 0 heterocycles. The Morgan fingerprint density at radius 2 is 1.33 bits per heavy atom. The van der Waals surface area contributed by atoms with Gasteiger partial charge in [-0.1, -0.05) is 0 Å². The quantitative estimate of drug-likeness (QED) is 0.560. The molecule has 4 amide bonds. The number of carbonyl (C=O) groups excluding carboxylic acids is 3. The van der Waals surface area contributed by atoms with Crippen molar-refractivity contribution in [3.8, 4) is 5.75 Å². The molecule has 0 spiro atoms. The first-order valence-corrected chi connectivity index (χ1v) is 8.32. The van der Waals surface area contributed by atoms with E-state index in [0.717, 1.165) is 0 Å². The summed E-state index contributed by atoms with van der Waals surface area (Å²) >= 11 is 0. The highest BCUT2D eigenvalue weighted by Gasteiger charge is 2.07. The topological polar surface area (TPSA) is 109 Å². The van der Waals surface area contributed by atoms with E-state index < -0.39 is 6.03 Å². The Morgan fingerprint density at radius 1 is 0.815 bits per heavy atom. The molecular weight excluding hydrogens is 348 g/mol. The van der Waals surface area contributed by atoms with E-state index in [2.05, 4.69) is 21.3 Å². The molecule has 2 rings (SSSR count). The third kappa shape index (κ3) is 6.69. The minimum atomic E-state index is -0.396. The van der Waals surface area contributed by atoms with Crippen LogP contribution in [0.2, 0.25) is 0 Å². The van der Waals surface area contributed by atoms with Crippen molar-refractivity contribution in [2.75, 3.05) is 30.8 Å². The van der Waals surface area contributed by atoms with Crippen LogP contribution in [0.4, 0.5) is 16.2 Å². The molecule has 2 aromatic carbocycles. The van der Waals surface area contributed by atoms with Crippen LogP contribution in [0.1, 0.15) is 17.3 Å². The number of hydrogen-bond donors (Lipinski definition) is 4. The van der Waals surface area contributed by atoms with Crippen LogP contribution in [0.15, 0.2) is 48.5 Å². The molecule has 0 aromatic heterocycles. The zero-order chi connectivity index (χ0) is 19.6. The Labute approximate surface area is 157 Å². The van der Waals surface area contributed by atoms with Crippen LogP contribution in [0.25, 0.3) is 0 Å². The number of anilines is 2. The molecule has 0 aliphatic heterocycles. The van der Waals surface area contributed by atoms with Gasteiger partial charge in [-0.2, -0.15) is 0 Å². The summed E-state index contributed by atoms with van der Waals surface area (Å²) in [6.07, 6.45) is 0. The largest absolute Gasteiger partial charge is 0.497 e. The number of rotatable bonds is 7. The number of carbonyl (C=O) groups is 3. The highest BCUT2D eigenvalue weighted by molar-refractivity contribution is 6.00. The van der Waals surface area contributed by atoms with Gasteiger partial charge in [0.05, 0.1) is 7.11 Å². The van der Waals surface area contributed by atoms with Gasteiger partial charge in [0.15, 0.2) is 0 Å². The molecule has 0 bridgehead atoms. The van der Waals surface area contributed by atoms with E-state index in [9.17, 15) is 14.4 Å². The van der Waals surface area contributed by atoms with E-state index in [1.807, 2.05) is 0 Å². The summed E-state index contributed by atoms with van der Waals surface area (Å²) in [5.74, 6) is 0.300. The molecule has 0 unspecified atom stereocenters. The molecular formula is C19H22N4O4. The summed E-state index contributed by atoms with van der Waals surface area (Å²) in [6, 6.07) is 13.0. The molecule has 0 saturated carbocycles. The summed E-state index contributed by atoms with van der Waals surface area (Å²) in [5, 5.41) is 10.7. The first kappa shape index (κ1) is 19.8. The number of methoxy groups -OCH3 is 1. The Bertz CT molecular complexity index is 788. The number of ether oxygens (including phenoxy) is 1. The molecule has 0 fully saturated rings. The predicted octanol–water partition coefficient (Wildman–Crippen LogP) is 2.21. The third-order valence-electron chi connectivity index (χ3n) is 3.54. The third-order valence-corrected chi connectivity index (χ3v) is 3.54. The minimum absolute atomic E-state index is 0.146. The number of nitrogens with one attached hydrogen (secondary N) is 4. The summed E-state index contributed by atoms with van der Waals surface area (Å²) in [4.78, 5) is 34.8. The molecule has 8 heteroatoms. The SMILES string of the molecule is COc1ccc(NC(=O)Nc2ccc(C(=O)NCCNC(C)=O)cc2)cc1. The first-order chi connectivity index (χ1) is 13.0. The van der Waals surface area contributed by atoms with Crippen LogP contribution in [0.5, 0.6) is 5.75 Å². The molecule has 0 saturated heterocycles. The zero-order valence-electron chi connectivity index (χ0n) is 15.2. The smallest absolute Gasteiger partial charge is 0.323 e. The van der Waals surface area contributed by atoms with E-state index >= 15 is 0 Å². The van der Waals surface area contributed by atoms with E-state index in [0.29, 0.717) is 35.8 Å². The summed E-state index contributed by atoms with van der Waals surface area (Å²) in [7, 11) is 1.57. The summed E-state index contributed by atoms with van der Waals surface area (Å²) < 4.78 is 5.06. The van der Waals surface area contributed by atoms with Crippen molar-refractivity contribution in [2.45, 2.75) is 6.92 Å². The molecule has 27 heavy (non-hydrogen) atoms. The van der Waals surface area contributed by atoms with Gasteiger partial charge in [0.2, 0.25) is 5.91 Å². The number of amides is 4. The van der Waals surface area contributed by atoms with Gasteiger partial charge >= 0.3 is 6.03 Å². The van der Waals surface area contributed by atoms with Crippen molar-refractivity contribution in [1.29, 1.82) is 0 Å². The van der Waals surface area contributed by atoms with E-state index in [1.165, 1.54) is 6.92 Å². The van der Waals surface area contributed by atoms with Gasteiger partial charge in [0.25, 0.3) is 5.91 Å². The lowest BCUT2D eigenvalue weighted by atomic mass is 10.2. The first-order valence-electron chi connectivity index (χ1n) is 8.32. The second-order valence-electron chi connectivity index (χ2n) is 5.62. The van der Waals surface area contributed by atoms with Gasteiger partial charge in [-0.05, 0) is 48.5 Å². The number of hydrogen-bond acceptors (Lipinski definition) is 4. The monoisotopic (exact) mass is 370 g/mol. The van der Waals surface area contributed by atoms with E-state index in [-0.39, 0.29) is 11.8 Å². The highest BCUT2D eigenvalue weighted by Crippen LogP contribution is 2.16. The average Bonchev–Trinajstić information content (AvgIpc) is 2.66. The lowest BCUT2D eigenvalue weighted by Gasteiger charge is -2.09. The van der Waals surface area contributed by atoms with Gasteiger partial charge in [0.1, 0.15) is 5.75 Å². The Hall–Kier alpha value is -3.55. The van der Waals surface area contributed by atoms with Crippen LogP contribution >= 0.6 is 0 Å². The molecule has 2 aromatic rings. The normalized spacial score (nSPS) is 9.85. The van der Waals surface area contributed by atoms with Crippen LogP contribution in [-0.4, -0.2) is 38.0 Å². The molecule has 8 nitrogen and oxygen atoms in total. The second-order valence-corrected chi connectivity index (χ2v) is 5.62. The maximum absolute atomic E-state index is 12.0. The maximum atomic E-state index is 12.0. The number of urea groups is 1. The Balaban J connectivity index is 1.82. The molecule has 0 aliphatic rings. The van der Waals surface area contributed by atoms with Crippen LogP contribution in [0, 0.1) is 0 Å². The highest BCUT2D eigenvalue weighted by atomic mass is 16.5. The lowest BCUT2D eigenvalue weighted by Crippen LogP contribution is -2.33. The fraction of sp³-hybridized carbons (Fsp3) is 0.211. The molecule has 142 valence electrons. The molecule has 4 N–H and O–H groups in total. The summed E-state index contributed by atoms with van der Waals surface area (Å²) in [6.45, 7) is 2.12. The van der Waals surface area contributed by atoms with E-state index in [4.69, 9.17) is 4.74 Å². The predicted molar refractivity (Wildman–Crippen MR) is 103 cm³/mol. The van der Waals surface area contributed by atoms with Crippen molar-refractivity contribution in [3.63, 3.8) is 0 Å². The Morgan fingerprint density at radius 3 is 1.85 bits per heavy atom. The van der Waals surface area contributed by atoms with Gasteiger partial charge in [-0.15, -0.1) is 0 Å². The molecule has 0 atom stereocenters. The molecule has 0 radical (unpaired) electrons. The standard InChI is InChI=1S/C19H22N4O4/c1-13(24)20-11-12-21-18(25)14-3-5-15(6-4-14)22-19(26)23-16-7-9-17(27-2)10-8-16/h3-10H,11-12H2,1-2H3,(H,20,24)(H,21,25)(H2,22,23,26). The second kappa shape index (κ2) is 9.81. The van der Waals surface area contributed by atoms with Crippen molar-refractivity contribution < 1.29 is 19.1 Å². The van der Waals surface area contributed by atoms with Crippen LogP contribution in [0.3, 0.4) is 0 Å². The van der Waals surface area contributed by atoms with Crippen molar-refractivity contribution in [1.82, 2.24) is 10.6 Å². The lowest BCUT2D eigenvalue weighted by molar-refractivity contribution is -0.118. The maximum Gasteiger partial charge on any atom is 0.323 e. The summed E-state index contributed by atoms with van der Waals surface area (Å²) in [5.41, 5.74) is 1.64. The van der Waals surface area contributed by atoms with Gasteiger partial charge < -0.3 is 26.0 Å². The van der Waals surface area contributed by atoms with Crippen LogP contribution < -0.4 is 26.0 Å². The Kier molecular flexibility index (Phi) is 7.18. The minimum Gasteiger partial charge on any atom is -0.497 e. The fourth-order valence-electron chi connectivity index (χ4n) is 2.19. The van der Waals surface area contributed by atoms with Crippen molar-refractivity contribution in [2.24, 2.45) is 0 Å².